The van der Waals surface area contributed by atoms with Crippen molar-refractivity contribution in [1.29, 1.82) is 0 Å². The topological polar surface area (TPSA) is 52.0 Å². The van der Waals surface area contributed by atoms with Gasteiger partial charge < -0.3 is 11.5 Å². The van der Waals surface area contributed by atoms with Gasteiger partial charge in [0.25, 0.3) is 0 Å². The lowest BCUT2D eigenvalue weighted by Crippen LogP contribution is -2.35. The Balaban J connectivity index is 1.09. The molecule has 0 heterocycles. The fourth-order valence-electron chi connectivity index (χ4n) is 8.31. The highest BCUT2D eigenvalue weighted by atomic mass is 14.7. The Bertz CT molecular complexity index is 471. The SMILES string of the molecule is CC1CC(CC2CCC(CC3CCC(CC4CCC(N)C(C)C4)CC3)CC2)CCC1N. The molecule has 6 atom stereocenters. The van der Waals surface area contributed by atoms with Crippen molar-refractivity contribution in [2.75, 3.05) is 0 Å². The summed E-state index contributed by atoms with van der Waals surface area (Å²) in [6.45, 7) is 4.77. The van der Waals surface area contributed by atoms with Crippen LogP contribution in [0.4, 0.5) is 0 Å². The molecule has 4 saturated carbocycles. The Hall–Kier alpha value is -0.0800. The van der Waals surface area contributed by atoms with Crippen LogP contribution in [0.2, 0.25) is 0 Å². The standard InChI is InChI=1S/C29H54N2/c1-20-15-26(11-13-28(20)30)18-24-7-3-22(4-8-24)17-23-5-9-25(10-6-23)19-27-12-14-29(31)21(2)16-27/h20-29H,3-19,30-31H2,1-2H3. The first-order chi connectivity index (χ1) is 15.0. The monoisotopic (exact) mass is 430 g/mol. The predicted octanol–water partition coefficient (Wildman–Crippen LogP) is 7.30. The molecule has 0 radical (unpaired) electrons. The first kappa shape index (κ1) is 24.1. The fraction of sp³-hybridized carbons (Fsp3) is 1.00. The van der Waals surface area contributed by atoms with Crippen LogP contribution in [0.15, 0.2) is 0 Å². The maximum Gasteiger partial charge on any atom is 0.00647 e. The lowest BCUT2D eigenvalue weighted by molar-refractivity contribution is 0.146. The third kappa shape index (κ3) is 6.95. The Morgan fingerprint density at radius 2 is 0.677 bits per heavy atom. The van der Waals surface area contributed by atoms with E-state index in [0.717, 1.165) is 47.3 Å². The zero-order chi connectivity index (χ0) is 21.8. The van der Waals surface area contributed by atoms with Crippen molar-refractivity contribution < 1.29 is 0 Å². The third-order valence-corrected chi connectivity index (χ3v) is 10.6. The van der Waals surface area contributed by atoms with Crippen molar-refractivity contribution in [1.82, 2.24) is 0 Å². The molecule has 0 aromatic carbocycles. The molecular formula is C29H54N2. The highest BCUT2D eigenvalue weighted by Gasteiger charge is 2.32. The summed E-state index contributed by atoms with van der Waals surface area (Å²) in [7, 11) is 0. The van der Waals surface area contributed by atoms with Gasteiger partial charge in [0, 0.05) is 12.1 Å². The summed E-state index contributed by atoms with van der Waals surface area (Å²) >= 11 is 0. The van der Waals surface area contributed by atoms with E-state index in [1.807, 2.05) is 0 Å². The molecule has 2 heteroatoms. The van der Waals surface area contributed by atoms with Crippen LogP contribution in [0, 0.1) is 47.3 Å². The minimum atomic E-state index is 0.478. The van der Waals surface area contributed by atoms with Gasteiger partial charge in [0.15, 0.2) is 0 Å². The molecule has 2 nitrogen and oxygen atoms in total. The van der Waals surface area contributed by atoms with Crippen LogP contribution >= 0.6 is 0 Å². The summed E-state index contributed by atoms with van der Waals surface area (Å²) in [5.41, 5.74) is 12.5. The van der Waals surface area contributed by atoms with Crippen LogP contribution in [-0.2, 0) is 0 Å². The molecule has 31 heavy (non-hydrogen) atoms. The molecule has 0 amide bonds. The van der Waals surface area contributed by atoms with Gasteiger partial charge >= 0.3 is 0 Å². The average Bonchev–Trinajstić information content (AvgIpc) is 2.76. The van der Waals surface area contributed by atoms with E-state index in [1.165, 1.54) is 103 Å². The zero-order valence-electron chi connectivity index (χ0n) is 20.9. The molecule has 4 aliphatic rings. The second-order valence-corrected chi connectivity index (χ2v) is 13.1. The van der Waals surface area contributed by atoms with Crippen LogP contribution in [0.25, 0.3) is 0 Å². The molecule has 0 saturated heterocycles. The van der Waals surface area contributed by atoms with E-state index < -0.39 is 0 Å². The van der Waals surface area contributed by atoms with Crippen molar-refractivity contribution in [3.63, 3.8) is 0 Å². The van der Waals surface area contributed by atoms with Gasteiger partial charge in [-0.25, -0.2) is 0 Å². The van der Waals surface area contributed by atoms with Gasteiger partial charge in [0.05, 0.1) is 0 Å². The Morgan fingerprint density at radius 1 is 0.419 bits per heavy atom. The molecule has 6 unspecified atom stereocenters. The lowest BCUT2D eigenvalue weighted by atomic mass is 9.68. The number of rotatable bonds is 6. The molecule has 0 bridgehead atoms. The zero-order valence-corrected chi connectivity index (χ0v) is 20.9. The smallest absolute Gasteiger partial charge is 0.00647 e. The van der Waals surface area contributed by atoms with E-state index in [0.29, 0.717) is 12.1 Å². The minimum Gasteiger partial charge on any atom is -0.327 e. The van der Waals surface area contributed by atoms with Gasteiger partial charge in [-0.3, -0.25) is 0 Å². The minimum absolute atomic E-state index is 0.478. The van der Waals surface area contributed by atoms with Crippen molar-refractivity contribution in [2.45, 2.75) is 135 Å². The Kier molecular flexibility index (Phi) is 8.82. The van der Waals surface area contributed by atoms with Gasteiger partial charge in [0.1, 0.15) is 0 Å². The summed E-state index contributed by atoms with van der Waals surface area (Å²) in [5.74, 6) is 7.64. The van der Waals surface area contributed by atoms with E-state index in [2.05, 4.69) is 13.8 Å². The van der Waals surface area contributed by atoms with Crippen molar-refractivity contribution in [3.05, 3.63) is 0 Å². The van der Waals surface area contributed by atoms with E-state index in [1.54, 1.807) is 6.42 Å². The molecule has 4 fully saturated rings. The van der Waals surface area contributed by atoms with Crippen molar-refractivity contribution in [3.8, 4) is 0 Å². The van der Waals surface area contributed by atoms with E-state index in [-0.39, 0.29) is 0 Å². The van der Waals surface area contributed by atoms with E-state index in [9.17, 15) is 0 Å². The van der Waals surface area contributed by atoms with Gasteiger partial charge in [-0.2, -0.15) is 0 Å². The molecule has 4 N–H and O–H groups in total. The number of nitrogens with two attached hydrogens (primary N) is 2. The van der Waals surface area contributed by atoms with Gasteiger partial charge in [-0.1, -0.05) is 65.2 Å². The fourth-order valence-corrected chi connectivity index (χ4v) is 8.31. The Morgan fingerprint density at radius 3 is 0.968 bits per heavy atom. The molecule has 0 spiro atoms. The molecule has 180 valence electrons. The average molecular weight is 431 g/mol. The van der Waals surface area contributed by atoms with E-state index in [4.69, 9.17) is 11.5 Å². The highest BCUT2D eigenvalue weighted by molar-refractivity contribution is 4.85. The first-order valence-corrected chi connectivity index (χ1v) is 14.5. The van der Waals surface area contributed by atoms with Crippen LogP contribution in [0.3, 0.4) is 0 Å². The van der Waals surface area contributed by atoms with Gasteiger partial charge in [0.2, 0.25) is 0 Å². The number of hydrogen-bond acceptors (Lipinski definition) is 2. The Labute approximate surface area is 194 Å². The van der Waals surface area contributed by atoms with Crippen LogP contribution in [0.1, 0.15) is 123 Å². The summed E-state index contributed by atoms with van der Waals surface area (Å²) in [6, 6.07) is 0.957. The quantitative estimate of drug-likeness (QED) is 0.464. The maximum atomic E-state index is 6.24. The summed E-state index contributed by atoms with van der Waals surface area (Å²) in [6.07, 6.45) is 25.0. The molecule has 4 rings (SSSR count). The van der Waals surface area contributed by atoms with Gasteiger partial charge in [-0.15, -0.1) is 0 Å². The molecular weight excluding hydrogens is 376 g/mol. The van der Waals surface area contributed by atoms with Crippen LogP contribution in [0.5, 0.6) is 0 Å². The predicted molar refractivity (Wildman–Crippen MR) is 134 cm³/mol. The first-order valence-electron chi connectivity index (χ1n) is 14.5. The van der Waals surface area contributed by atoms with Crippen molar-refractivity contribution >= 4 is 0 Å². The largest absolute Gasteiger partial charge is 0.327 e. The molecule has 0 aromatic heterocycles. The highest BCUT2D eigenvalue weighted by Crippen LogP contribution is 2.43. The van der Waals surface area contributed by atoms with Crippen molar-refractivity contribution in [2.24, 2.45) is 58.8 Å². The number of hydrogen-bond donors (Lipinski definition) is 2. The lowest BCUT2D eigenvalue weighted by Gasteiger charge is -2.38. The molecule has 0 aliphatic heterocycles. The second kappa shape index (κ2) is 11.4. The summed E-state index contributed by atoms with van der Waals surface area (Å²) in [5, 5.41) is 0. The van der Waals surface area contributed by atoms with E-state index >= 15 is 0 Å². The summed E-state index contributed by atoms with van der Waals surface area (Å²) < 4.78 is 0. The van der Waals surface area contributed by atoms with Crippen LogP contribution in [-0.4, -0.2) is 12.1 Å². The normalized spacial score (nSPS) is 47.2. The second-order valence-electron chi connectivity index (χ2n) is 13.1. The van der Waals surface area contributed by atoms with Gasteiger partial charge in [-0.05, 0) is 105 Å². The molecule has 4 aliphatic carbocycles. The third-order valence-electron chi connectivity index (χ3n) is 10.6. The summed E-state index contributed by atoms with van der Waals surface area (Å²) in [4.78, 5) is 0. The molecule has 0 aromatic rings. The van der Waals surface area contributed by atoms with Crippen LogP contribution < -0.4 is 11.5 Å². The maximum absolute atomic E-state index is 6.24.